The van der Waals surface area contributed by atoms with Crippen molar-refractivity contribution in [2.24, 2.45) is 0 Å². The number of hydrogen-bond donors (Lipinski definition) is 1. The van der Waals surface area contributed by atoms with Gasteiger partial charge in [-0.1, -0.05) is 29.8 Å². The quantitative estimate of drug-likeness (QED) is 0.297. The van der Waals surface area contributed by atoms with Gasteiger partial charge in [-0.25, -0.2) is 4.39 Å². The summed E-state index contributed by atoms with van der Waals surface area (Å²) in [6.45, 7) is 0.563. The van der Waals surface area contributed by atoms with Gasteiger partial charge in [-0.3, -0.25) is 10.1 Å². The van der Waals surface area contributed by atoms with Crippen LogP contribution in [0.2, 0.25) is 5.02 Å². The van der Waals surface area contributed by atoms with Gasteiger partial charge in [-0.05, 0) is 86.6 Å². The lowest BCUT2D eigenvalue weighted by Crippen LogP contribution is -2.30. The van der Waals surface area contributed by atoms with Gasteiger partial charge in [0.05, 0.1) is 16.6 Å². The lowest BCUT2D eigenvalue weighted by atomic mass is 9.80. The lowest BCUT2D eigenvalue weighted by molar-refractivity contribution is -0.385. The summed E-state index contributed by atoms with van der Waals surface area (Å²) in [5.41, 5.74) is -0.0324. The van der Waals surface area contributed by atoms with Gasteiger partial charge in [0, 0.05) is 11.1 Å². The van der Waals surface area contributed by atoms with Crippen LogP contribution in [0.5, 0.6) is 5.75 Å². The van der Waals surface area contributed by atoms with Crippen molar-refractivity contribution in [2.75, 3.05) is 20.6 Å². The van der Waals surface area contributed by atoms with Crippen molar-refractivity contribution < 1.29 is 19.2 Å². The second kappa shape index (κ2) is 11.3. The number of nitrogens with zero attached hydrogens (tertiary/aromatic N) is 3. The zero-order valence-electron chi connectivity index (χ0n) is 19.4. The Morgan fingerprint density at radius 3 is 2.51 bits per heavy atom. The summed E-state index contributed by atoms with van der Waals surface area (Å²) in [5, 5.41) is 33.1. The number of hydrogen-bond acceptors (Lipinski definition) is 6. The molecule has 0 aliphatic carbocycles. The normalized spacial score (nSPS) is 12.7. The maximum Gasteiger partial charge on any atom is 0.312 e. The standard InChI is InChI=1S/C26H25ClFN3O4/c1-30(2)13-3-12-26(32,20-5-8-22(28)9-6-20)23-10-4-18(16-29)14-19(23)17-35-25-11-7-21(27)15-24(25)31(33)34/h4-11,14-15,32H,3,12-13,17H2,1-2H3. The molecule has 3 aromatic carbocycles. The zero-order chi connectivity index (χ0) is 25.6. The molecule has 0 bridgehead atoms. The Labute approximate surface area is 208 Å². The van der Waals surface area contributed by atoms with Crippen LogP contribution in [-0.2, 0) is 12.2 Å². The molecule has 0 saturated carbocycles. The van der Waals surface area contributed by atoms with Crippen LogP contribution in [0.4, 0.5) is 10.1 Å². The lowest BCUT2D eigenvalue weighted by Gasteiger charge is -2.32. The fourth-order valence-corrected chi connectivity index (χ4v) is 4.07. The Hall–Kier alpha value is -3.51. The third kappa shape index (κ3) is 6.34. The highest BCUT2D eigenvalue weighted by atomic mass is 35.5. The fraction of sp³-hybridized carbons (Fsp3) is 0.269. The van der Waals surface area contributed by atoms with Gasteiger partial charge >= 0.3 is 5.69 Å². The first-order valence-electron chi connectivity index (χ1n) is 10.9. The second-order valence-corrected chi connectivity index (χ2v) is 8.85. The number of benzene rings is 3. The SMILES string of the molecule is CN(C)CCCC(O)(c1ccc(F)cc1)c1ccc(C#N)cc1COc1ccc(Cl)cc1[N+](=O)[O-]. The molecule has 0 aliphatic heterocycles. The molecular formula is C26H25ClFN3O4. The summed E-state index contributed by atoms with van der Waals surface area (Å²) in [6, 6.07) is 16.6. The van der Waals surface area contributed by atoms with Gasteiger partial charge in [-0.15, -0.1) is 0 Å². The van der Waals surface area contributed by atoms with Gasteiger partial charge in [0.1, 0.15) is 18.0 Å². The predicted molar refractivity (Wildman–Crippen MR) is 131 cm³/mol. The highest BCUT2D eigenvalue weighted by Gasteiger charge is 2.34. The van der Waals surface area contributed by atoms with Crippen molar-refractivity contribution in [3.05, 3.63) is 104 Å². The Bertz CT molecular complexity index is 1240. The Kier molecular flexibility index (Phi) is 8.41. The topological polar surface area (TPSA) is 99.6 Å². The van der Waals surface area contributed by atoms with Crippen molar-refractivity contribution >= 4 is 17.3 Å². The Balaban J connectivity index is 2.05. The summed E-state index contributed by atoms with van der Waals surface area (Å²) in [4.78, 5) is 12.8. The van der Waals surface area contributed by atoms with Crippen LogP contribution in [0.3, 0.4) is 0 Å². The Morgan fingerprint density at radius 1 is 1.17 bits per heavy atom. The minimum Gasteiger partial charge on any atom is -0.482 e. The van der Waals surface area contributed by atoms with Gasteiger partial charge in [-0.2, -0.15) is 5.26 Å². The molecule has 3 aromatic rings. The predicted octanol–water partition coefficient (Wildman–Crippen LogP) is 5.42. The molecule has 9 heteroatoms. The summed E-state index contributed by atoms with van der Waals surface area (Å²) in [5.74, 6) is -0.423. The number of ether oxygens (including phenoxy) is 1. The average Bonchev–Trinajstić information content (AvgIpc) is 2.83. The van der Waals surface area contributed by atoms with E-state index in [-0.39, 0.29) is 23.1 Å². The average molecular weight is 498 g/mol. The number of nitro groups is 1. The highest BCUT2D eigenvalue weighted by Crippen LogP contribution is 2.38. The number of nitriles is 1. The smallest absolute Gasteiger partial charge is 0.312 e. The zero-order valence-corrected chi connectivity index (χ0v) is 20.1. The largest absolute Gasteiger partial charge is 0.482 e. The third-order valence-corrected chi connectivity index (χ3v) is 5.88. The molecule has 0 radical (unpaired) electrons. The van der Waals surface area contributed by atoms with E-state index in [1.165, 1.54) is 42.5 Å². The van der Waals surface area contributed by atoms with Crippen molar-refractivity contribution in [3.63, 3.8) is 0 Å². The van der Waals surface area contributed by atoms with Gasteiger partial charge in [0.25, 0.3) is 0 Å². The van der Waals surface area contributed by atoms with Crippen LogP contribution in [0.25, 0.3) is 0 Å². The molecule has 0 saturated heterocycles. The third-order valence-electron chi connectivity index (χ3n) is 5.65. The van der Waals surface area contributed by atoms with Crippen LogP contribution in [0, 0.1) is 27.3 Å². The molecule has 1 atom stereocenters. The van der Waals surface area contributed by atoms with Crippen LogP contribution < -0.4 is 4.74 Å². The van der Waals surface area contributed by atoms with E-state index in [0.29, 0.717) is 41.6 Å². The van der Waals surface area contributed by atoms with Crippen molar-refractivity contribution in [1.82, 2.24) is 4.90 Å². The van der Waals surface area contributed by atoms with E-state index in [0.717, 1.165) is 0 Å². The van der Waals surface area contributed by atoms with Gasteiger partial charge in [0.2, 0.25) is 0 Å². The maximum absolute atomic E-state index is 13.6. The molecule has 0 aromatic heterocycles. The van der Waals surface area contributed by atoms with E-state index >= 15 is 0 Å². The number of halogens is 2. The molecule has 0 aliphatic rings. The highest BCUT2D eigenvalue weighted by molar-refractivity contribution is 6.30. The molecule has 0 amide bonds. The van der Waals surface area contributed by atoms with Crippen molar-refractivity contribution in [1.29, 1.82) is 5.26 Å². The fourth-order valence-electron chi connectivity index (χ4n) is 3.91. The van der Waals surface area contributed by atoms with Crippen molar-refractivity contribution in [2.45, 2.75) is 25.0 Å². The summed E-state index contributed by atoms with van der Waals surface area (Å²) >= 11 is 5.89. The van der Waals surface area contributed by atoms with Gasteiger partial charge < -0.3 is 14.7 Å². The van der Waals surface area contributed by atoms with Crippen LogP contribution >= 0.6 is 11.6 Å². The molecular weight excluding hydrogens is 473 g/mol. The minimum absolute atomic E-state index is 0.00522. The first-order chi connectivity index (χ1) is 16.6. The van der Waals surface area contributed by atoms with E-state index in [2.05, 4.69) is 6.07 Å². The summed E-state index contributed by atoms with van der Waals surface area (Å²) in [7, 11) is 3.86. The molecule has 1 unspecified atom stereocenters. The van der Waals surface area contributed by atoms with E-state index < -0.39 is 16.3 Å². The molecule has 1 N–H and O–H groups in total. The summed E-state index contributed by atoms with van der Waals surface area (Å²) < 4.78 is 19.4. The Morgan fingerprint density at radius 2 is 1.89 bits per heavy atom. The van der Waals surface area contributed by atoms with E-state index in [1.54, 1.807) is 18.2 Å². The molecule has 35 heavy (non-hydrogen) atoms. The molecule has 0 heterocycles. The molecule has 182 valence electrons. The number of rotatable bonds is 10. The van der Waals surface area contributed by atoms with Crippen LogP contribution in [0.15, 0.2) is 60.7 Å². The first kappa shape index (κ1) is 26.1. The van der Waals surface area contributed by atoms with E-state index in [4.69, 9.17) is 16.3 Å². The second-order valence-electron chi connectivity index (χ2n) is 8.42. The molecule has 7 nitrogen and oxygen atoms in total. The molecule has 3 rings (SSSR count). The number of aliphatic hydroxyl groups is 1. The number of nitro benzene ring substituents is 1. The first-order valence-corrected chi connectivity index (χ1v) is 11.2. The maximum atomic E-state index is 13.6. The van der Waals surface area contributed by atoms with Gasteiger partial charge in [0.15, 0.2) is 5.75 Å². The van der Waals surface area contributed by atoms with E-state index in [1.807, 2.05) is 19.0 Å². The van der Waals surface area contributed by atoms with E-state index in [9.17, 15) is 24.9 Å². The molecule has 0 spiro atoms. The van der Waals surface area contributed by atoms with Crippen LogP contribution in [0.1, 0.15) is 35.1 Å². The summed E-state index contributed by atoms with van der Waals surface area (Å²) in [6.07, 6.45) is 0.945. The van der Waals surface area contributed by atoms with Crippen molar-refractivity contribution in [3.8, 4) is 11.8 Å². The molecule has 0 fully saturated rings. The van der Waals surface area contributed by atoms with Crippen LogP contribution in [-0.4, -0.2) is 35.6 Å². The monoisotopic (exact) mass is 497 g/mol. The minimum atomic E-state index is -1.51.